The van der Waals surface area contributed by atoms with Crippen LogP contribution < -0.4 is 0 Å². The van der Waals surface area contributed by atoms with Crippen LogP contribution in [0.3, 0.4) is 0 Å². The standard InChI is InChI=1S/C9H10ClNS/c1-6-9(10)4-8(5-11-6)12-7-2-3-7/h4-5,7H,2-3H2,1H3. The van der Waals surface area contributed by atoms with E-state index in [1.165, 1.54) is 17.7 Å². The zero-order valence-corrected chi connectivity index (χ0v) is 8.45. The number of aromatic nitrogens is 1. The summed E-state index contributed by atoms with van der Waals surface area (Å²) in [7, 11) is 0. The number of halogens is 1. The van der Waals surface area contributed by atoms with Crippen LogP contribution in [0.15, 0.2) is 17.2 Å². The highest BCUT2D eigenvalue weighted by Crippen LogP contribution is 2.39. The van der Waals surface area contributed by atoms with Crippen molar-refractivity contribution in [2.24, 2.45) is 0 Å². The Balaban J connectivity index is 2.15. The highest BCUT2D eigenvalue weighted by Gasteiger charge is 2.22. The molecule has 0 saturated heterocycles. The van der Waals surface area contributed by atoms with Crippen molar-refractivity contribution in [3.05, 3.63) is 23.0 Å². The Morgan fingerprint density at radius 2 is 2.33 bits per heavy atom. The third-order valence-corrected chi connectivity index (χ3v) is 3.51. The molecule has 0 unspecified atom stereocenters. The van der Waals surface area contributed by atoms with Crippen LogP contribution in [0.2, 0.25) is 5.02 Å². The number of thioether (sulfide) groups is 1. The first-order valence-corrected chi connectivity index (χ1v) is 5.30. The fourth-order valence-corrected chi connectivity index (χ4v) is 2.22. The predicted molar refractivity (Wildman–Crippen MR) is 52.9 cm³/mol. The van der Waals surface area contributed by atoms with Gasteiger partial charge in [-0.2, -0.15) is 0 Å². The quantitative estimate of drug-likeness (QED) is 0.725. The van der Waals surface area contributed by atoms with Gasteiger partial charge in [0.15, 0.2) is 0 Å². The van der Waals surface area contributed by atoms with Crippen molar-refractivity contribution < 1.29 is 0 Å². The zero-order chi connectivity index (χ0) is 8.55. The van der Waals surface area contributed by atoms with Crippen LogP contribution in [-0.2, 0) is 0 Å². The van der Waals surface area contributed by atoms with E-state index in [-0.39, 0.29) is 0 Å². The van der Waals surface area contributed by atoms with Crippen molar-refractivity contribution in [2.45, 2.75) is 29.9 Å². The summed E-state index contributed by atoms with van der Waals surface area (Å²) in [6.45, 7) is 1.92. The molecule has 2 rings (SSSR count). The molecule has 1 aliphatic carbocycles. The molecule has 1 nitrogen and oxygen atoms in total. The Morgan fingerprint density at radius 3 is 2.92 bits per heavy atom. The molecule has 1 fully saturated rings. The lowest BCUT2D eigenvalue weighted by molar-refractivity contribution is 1.15. The van der Waals surface area contributed by atoms with E-state index >= 15 is 0 Å². The number of pyridine rings is 1. The smallest absolute Gasteiger partial charge is 0.0629 e. The normalized spacial score (nSPS) is 16.5. The molecule has 3 heteroatoms. The summed E-state index contributed by atoms with van der Waals surface area (Å²) in [6, 6.07) is 2.01. The minimum Gasteiger partial charge on any atom is -0.259 e. The van der Waals surface area contributed by atoms with Crippen molar-refractivity contribution >= 4 is 23.4 Å². The Morgan fingerprint density at radius 1 is 1.58 bits per heavy atom. The zero-order valence-electron chi connectivity index (χ0n) is 6.88. The SMILES string of the molecule is Cc1ncc(SC2CC2)cc1Cl. The van der Waals surface area contributed by atoms with Gasteiger partial charge in [-0.1, -0.05) is 11.6 Å². The van der Waals surface area contributed by atoms with Crippen molar-refractivity contribution in [2.75, 3.05) is 0 Å². The first-order valence-electron chi connectivity index (χ1n) is 4.04. The van der Waals surface area contributed by atoms with E-state index in [4.69, 9.17) is 11.6 Å². The van der Waals surface area contributed by atoms with Gasteiger partial charge in [0, 0.05) is 16.3 Å². The molecule has 0 aliphatic heterocycles. The average Bonchev–Trinajstić information content (AvgIpc) is 2.81. The maximum atomic E-state index is 5.94. The molecular formula is C9H10ClNS. The molecule has 0 amide bonds. The van der Waals surface area contributed by atoms with E-state index in [2.05, 4.69) is 4.98 Å². The minimum absolute atomic E-state index is 0.778. The number of hydrogen-bond donors (Lipinski definition) is 0. The Kier molecular flexibility index (Phi) is 2.28. The van der Waals surface area contributed by atoms with Gasteiger partial charge < -0.3 is 0 Å². The summed E-state index contributed by atoms with van der Waals surface area (Å²) in [5.74, 6) is 0. The highest BCUT2D eigenvalue weighted by molar-refractivity contribution is 8.00. The largest absolute Gasteiger partial charge is 0.259 e. The van der Waals surface area contributed by atoms with Gasteiger partial charge in [0.1, 0.15) is 0 Å². The summed E-state index contributed by atoms with van der Waals surface area (Å²) in [5, 5.41) is 1.60. The van der Waals surface area contributed by atoms with E-state index in [0.29, 0.717) is 0 Å². The van der Waals surface area contributed by atoms with Gasteiger partial charge in [-0.25, -0.2) is 0 Å². The molecule has 12 heavy (non-hydrogen) atoms. The Hall–Kier alpha value is -0.210. The lowest BCUT2D eigenvalue weighted by atomic mass is 10.4. The molecule has 0 N–H and O–H groups in total. The van der Waals surface area contributed by atoms with Crippen LogP contribution in [0.1, 0.15) is 18.5 Å². The van der Waals surface area contributed by atoms with Crippen LogP contribution in [0, 0.1) is 6.92 Å². The van der Waals surface area contributed by atoms with Crippen molar-refractivity contribution in [1.29, 1.82) is 0 Å². The van der Waals surface area contributed by atoms with E-state index in [0.717, 1.165) is 16.0 Å². The number of rotatable bonds is 2. The molecule has 1 aromatic rings. The van der Waals surface area contributed by atoms with Gasteiger partial charge in [0.2, 0.25) is 0 Å². The van der Waals surface area contributed by atoms with Crippen LogP contribution in [0.4, 0.5) is 0 Å². The minimum atomic E-state index is 0.778. The second kappa shape index (κ2) is 3.27. The third kappa shape index (κ3) is 1.93. The van der Waals surface area contributed by atoms with Gasteiger partial charge in [0.25, 0.3) is 0 Å². The molecule has 0 atom stereocenters. The molecule has 1 heterocycles. The summed E-state index contributed by atoms with van der Waals surface area (Å²) < 4.78 is 0. The van der Waals surface area contributed by atoms with Crippen molar-refractivity contribution in [1.82, 2.24) is 4.98 Å². The number of aryl methyl sites for hydroxylation is 1. The summed E-state index contributed by atoms with van der Waals surface area (Å²) in [4.78, 5) is 5.41. The summed E-state index contributed by atoms with van der Waals surface area (Å²) in [6.07, 6.45) is 4.59. The predicted octanol–water partition coefficient (Wildman–Crippen LogP) is 3.30. The second-order valence-corrected chi connectivity index (χ2v) is 4.84. The van der Waals surface area contributed by atoms with Gasteiger partial charge in [-0.15, -0.1) is 11.8 Å². The molecular weight excluding hydrogens is 190 g/mol. The summed E-state index contributed by atoms with van der Waals surface area (Å²) in [5.41, 5.74) is 0.914. The number of nitrogens with zero attached hydrogens (tertiary/aromatic N) is 1. The molecule has 1 aliphatic rings. The van der Waals surface area contributed by atoms with E-state index in [1.807, 2.05) is 30.9 Å². The monoisotopic (exact) mass is 199 g/mol. The fourth-order valence-electron chi connectivity index (χ4n) is 0.932. The lowest BCUT2D eigenvalue weighted by Gasteiger charge is -2.00. The number of hydrogen-bond acceptors (Lipinski definition) is 2. The van der Waals surface area contributed by atoms with Crippen molar-refractivity contribution in [3.63, 3.8) is 0 Å². The van der Waals surface area contributed by atoms with Gasteiger partial charge >= 0.3 is 0 Å². The average molecular weight is 200 g/mol. The fraction of sp³-hybridized carbons (Fsp3) is 0.444. The lowest BCUT2D eigenvalue weighted by Crippen LogP contribution is -1.83. The topological polar surface area (TPSA) is 12.9 Å². The third-order valence-electron chi connectivity index (χ3n) is 1.83. The molecule has 0 aromatic carbocycles. The van der Waals surface area contributed by atoms with E-state index < -0.39 is 0 Å². The van der Waals surface area contributed by atoms with Crippen LogP contribution in [-0.4, -0.2) is 10.2 Å². The molecule has 0 bridgehead atoms. The van der Waals surface area contributed by atoms with E-state index in [1.54, 1.807) is 0 Å². The van der Waals surface area contributed by atoms with Gasteiger partial charge in [0.05, 0.1) is 10.7 Å². The van der Waals surface area contributed by atoms with Gasteiger partial charge in [-0.3, -0.25) is 4.98 Å². The van der Waals surface area contributed by atoms with E-state index in [9.17, 15) is 0 Å². The maximum Gasteiger partial charge on any atom is 0.0629 e. The molecule has 1 saturated carbocycles. The first kappa shape index (κ1) is 8.39. The van der Waals surface area contributed by atoms with Crippen LogP contribution in [0.25, 0.3) is 0 Å². The summed E-state index contributed by atoms with van der Waals surface area (Å²) >= 11 is 7.83. The van der Waals surface area contributed by atoms with Crippen LogP contribution >= 0.6 is 23.4 Å². The van der Waals surface area contributed by atoms with Crippen molar-refractivity contribution in [3.8, 4) is 0 Å². The molecule has 0 radical (unpaired) electrons. The molecule has 0 spiro atoms. The van der Waals surface area contributed by atoms with Gasteiger partial charge in [-0.05, 0) is 25.8 Å². The Bertz CT molecular complexity index is 297. The molecule has 64 valence electrons. The molecule has 1 aromatic heterocycles. The maximum absolute atomic E-state index is 5.94. The highest BCUT2D eigenvalue weighted by atomic mass is 35.5. The second-order valence-electron chi connectivity index (χ2n) is 3.06. The Labute approximate surface area is 81.5 Å². The first-order chi connectivity index (χ1) is 5.75. The van der Waals surface area contributed by atoms with Crippen LogP contribution in [0.5, 0.6) is 0 Å².